The third-order valence-electron chi connectivity index (χ3n) is 2.92. The zero-order valence-corrected chi connectivity index (χ0v) is 14.2. The minimum atomic E-state index is -4.18. The van der Waals surface area contributed by atoms with Crippen LogP contribution in [0.15, 0.2) is 52.3 Å². The third-order valence-corrected chi connectivity index (χ3v) is 5.17. The molecule has 2 N–H and O–H groups in total. The van der Waals surface area contributed by atoms with Crippen molar-refractivity contribution in [2.24, 2.45) is 0 Å². The van der Waals surface area contributed by atoms with E-state index >= 15 is 0 Å². The number of thioether (sulfide) groups is 1. The van der Waals surface area contributed by atoms with Crippen molar-refractivity contribution < 1.29 is 22.0 Å². The lowest BCUT2D eigenvalue weighted by Crippen LogP contribution is -2.42. The van der Waals surface area contributed by atoms with Crippen molar-refractivity contribution >= 4 is 27.7 Å². The third kappa shape index (κ3) is 5.02. The van der Waals surface area contributed by atoms with Gasteiger partial charge in [-0.1, -0.05) is 17.7 Å². The Morgan fingerprint density at radius 1 is 1.08 bits per heavy atom. The predicted molar refractivity (Wildman–Crippen MR) is 86.7 cm³/mol. The van der Waals surface area contributed by atoms with Gasteiger partial charge in [-0.2, -0.15) is 0 Å². The molecule has 2 aromatic rings. The fourth-order valence-corrected chi connectivity index (χ4v) is 3.22. The van der Waals surface area contributed by atoms with E-state index in [0.717, 1.165) is 16.5 Å². The Labute approximate surface area is 142 Å². The average molecular weight is 372 g/mol. The van der Waals surface area contributed by atoms with Crippen LogP contribution in [0.5, 0.6) is 0 Å². The van der Waals surface area contributed by atoms with Crippen LogP contribution in [-0.4, -0.2) is 20.1 Å². The van der Waals surface area contributed by atoms with Gasteiger partial charge in [0.1, 0.15) is 0 Å². The van der Waals surface area contributed by atoms with Gasteiger partial charge in [0.15, 0.2) is 11.6 Å². The van der Waals surface area contributed by atoms with E-state index < -0.39 is 32.5 Å². The number of sulfonamides is 1. The van der Waals surface area contributed by atoms with Crippen molar-refractivity contribution in [1.82, 2.24) is 10.3 Å². The number of amides is 1. The number of halogens is 2. The maximum atomic E-state index is 13.1. The van der Waals surface area contributed by atoms with Crippen LogP contribution >= 0.6 is 11.8 Å². The summed E-state index contributed by atoms with van der Waals surface area (Å²) in [5.41, 5.74) is 3.11. The summed E-state index contributed by atoms with van der Waals surface area (Å²) in [6, 6.07) is 9.60. The fraction of sp³-hybridized carbons (Fsp3) is 0.133. The molecule has 0 atom stereocenters. The molecule has 5 nitrogen and oxygen atoms in total. The molecule has 128 valence electrons. The van der Waals surface area contributed by atoms with Crippen LogP contribution < -0.4 is 10.3 Å². The number of rotatable bonds is 6. The van der Waals surface area contributed by atoms with E-state index in [9.17, 15) is 22.0 Å². The van der Waals surface area contributed by atoms with E-state index in [4.69, 9.17) is 0 Å². The van der Waals surface area contributed by atoms with Crippen molar-refractivity contribution in [3.05, 3.63) is 59.7 Å². The first-order chi connectivity index (χ1) is 11.3. The number of carbonyl (C=O) groups is 1. The molecule has 0 bridgehead atoms. The van der Waals surface area contributed by atoms with Crippen LogP contribution in [0, 0.1) is 18.6 Å². The molecule has 0 aliphatic rings. The SMILES string of the molecule is Cc1ccc(SCC(=O)NNS(=O)(=O)c2ccc(F)c(F)c2)cc1. The standard InChI is InChI=1S/C15H14F2N2O3S2/c1-10-2-4-11(5-3-10)23-9-15(20)18-19-24(21,22)12-6-7-13(16)14(17)8-12/h2-8,19H,9H2,1H3,(H,18,20). The van der Waals surface area contributed by atoms with E-state index in [1.807, 2.05) is 41.4 Å². The first-order valence-electron chi connectivity index (χ1n) is 6.73. The van der Waals surface area contributed by atoms with Gasteiger partial charge in [0.2, 0.25) is 5.91 Å². The van der Waals surface area contributed by atoms with Gasteiger partial charge in [-0.25, -0.2) is 17.2 Å². The summed E-state index contributed by atoms with van der Waals surface area (Å²) in [7, 11) is -4.18. The van der Waals surface area contributed by atoms with Crippen LogP contribution in [0.1, 0.15) is 5.56 Å². The quantitative estimate of drug-likeness (QED) is 0.603. The number of nitrogens with one attached hydrogen (secondary N) is 2. The lowest BCUT2D eigenvalue weighted by Gasteiger charge is -2.08. The fourth-order valence-electron chi connectivity index (χ4n) is 1.65. The number of hydrogen-bond donors (Lipinski definition) is 2. The molecule has 0 radical (unpaired) electrons. The molecule has 0 aromatic heterocycles. The van der Waals surface area contributed by atoms with Crippen LogP contribution in [0.2, 0.25) is 0 Å². The number of carbonyl (C=O) groups excluding carboxylic acids is 1. The molecule has 0 fully saturated rings. The van der Waals surface area contributed by atoms with Gasteiger partial charge >= 0.3 is 0 Å². The molecule has 0 saturated heterocycles. The molecule has 0 spiro atoms. The minimum Gasteiger partial charge on any atom is -0.277 e. The first kappa shape index (κ1) is 18.4. The van der Waals surface area contributed by atoms with E-state index in [0.29, 0.717) is 12.1 Å². The van der Waals surface area contributed by atoms with E-state index in [1.165, 1.54) is 11.8 Å². The largest absolute Gasteiger partial charge is 0.277 e. The highest BCUT2D eigenvalue weighted by Crippen LogP contribution is 2.18. The summed E-state index contributed by atoms with van der Waals surface area (Å²) in [6.07, 6.45) is 0. The summed E-state index contributed by atoms with van der Waals surface area (Å²) < 4.78 is 49.7. The molecular formula is C15H14F2N2O3S2. The Bertz CT molecular complexity index is 840. The summed E-state index contributed by atoms with van der Waals surface area (Å²) >= 11 is 1.23. The number of hydrazine groups is 1. The highest BCUT2D eigenvalue weighted by atomic mass is 32.2. The molecular weight excluding hydrogens is 358 g/mol. The van der Waals surface area contributed by atoms with E-state index in [2.05, 4.69) is 0 Å². The first-order valence-corrected chi connectivity index (χ1v) is 9.20. The second kappa shape index (κ2) is 7.73. The predicted octanol–water partition coefficient (Wildman–Crippen LogP) is 2.38. The zero-order valence-electron chi connectivity index (χ0n) is 12.5. The van der Waals surface area contributed by atoms with Crippen LogP contribution in [0.4, 0.5) is 8.78 Å². The van der Waals surface area contributed by atoms with Crippen LogP contribution in [0.3, 0.4) is 0 Å². The molecule has 2 rings (SSSR count). The Morgan fingerprint density at radius 2 is 1.75 bits per heavy atom. The minimum absolute atomic E-state index is 0.0106. The van der Waals surface area contributed by atoms with Gasteiger partial charge < -0.3 is 0 Å². The van der Waals surface area contributed by atoms with Gasteiger partial charge in [-0.15, -0.1) is 16.6 Å². The van der Waals surface area contributed by atoms with Gasteiger partial charge in [0, 0.05) is 4.90 Å². The van der Waals surface area contributed by atoms with Crippen molar-refractivity contribution in [2.75, 3.05) is 5.75 Å². The van der Waals surface area contributed by atoms with Crippen molar-refractivity contribution in [3.8, 4) is 0 Å². The van der Waals surface area contributed by atoms with Crippen molar-refractivity contribution in [1.29, 1.82) is 0 Å². The van der Waals surface area contributed by atoms with Crippen LogP contribution in [0.25, 0.3) is 0 Å². The molecule has 24 heavy (non-hydrogen) atoms. The second-order valence-electron chi connectivity index (χ2n) is 4.83. The highest BCUT2D eigenvalue weighted by Gasteiger charge is 2.17. The van der Waals surface area contributed by atoms with Gasteiger partial charge in [-0.05, 0) is 37.3 Å². The Balaban J connectivity index is 1.90. The van der Waals surface area contributed by atoms with Crippen molar-refractivity contribution in [2.45, 2.75) is 16.7 Å². The number of benzene rings is 2. The second-order valence-corrected chi connectivity index (χ2v) is 7.56. The van der Waals surface area contributed by atoms with Crippen molar-refractivity contribution in [3.63, 3.8) is 0 Å². The topological polar surface area (TPSA) is 75.3 Å². The maximum Gasteiger partial charge on any atom is 0.257 e. The summed E-state index contributed by atoms with van der Waals surface area (Å²) in [4.78, 5) is 13.9. The van der Waals surface area contributed by atoms with Crippen LogP contribution in [-0.2, 0) is 14.8 Å². The highest BCUT2D eigenvalue weighted by molar-refractivity contribution is 8.00. The van der Waals surface area contributed by atoms with Gasteiger partial charge in [0.05, 0.1) is 10.6 Å². The van der Waals surface area contributed by atoms with E-state index in [-0.39, 0.29) is 5.75 Å². The zero-order chi connectivity index (χ0) is 17.7. The lowest BCUT2D eigenvalue weighted by atomic mass is 10.2. The summed E-state index contributed by atoms with van der Waals surface area (Å²) in [5.74, 6) is -3.04. The Kier molecular flexibility index (Phi) is 5.92. The monoisotopic (exact) mass is 372 g/mol. The number of aryl methyl sites for hydroxylation is 1. The smallest absolute Gasteiger partial charge is 0.257 e. The Hall–Kier alpha value is -1.97. The number of hydrogen-bond acceptors (Lipinski definition) is 4. The molecule has 0 heterocycles. The molecule has 0 saturated carbocycles. The average Bonchev–Trinajstić information content (AvgIpc) is 2.55. The van der Waals surface area contributed by atoms with Gasteiger partial charge in [0.25, 0.3) is 10.0 Å². The molecule has 2 aromatic carbocycles. The summed E-state index contributed by atoms with van der Waals surface area (Å²) in [5, 5.41) is 0. The van der Waals surface area contributed by atoms with E-state index in [1.54, 1.807) is 0 Å². The molecule has 0 aliphatic carbocycles. The Morgan fingerprint density at radius 3 is 2.38 bits per heavy atom. The molecule has 9 heteroatoms. The molecule has 0 aliphatic heterocycles. The lowest BCUT2D eigenvalue weighted by molar-refractivity contribution is -0.119. The maximum absolute atomic E-state index is 13.1. The molecule has 1 amide bonds. The molecule has 0 unspecified atom stereocenters. The normalized spacial score (nSPS) is 11.3. The van der Waals surface area contributed by atoms with Gasteiger partial charge in [-0.3, -0.25) is 10.2 Å². The summed E-state index contributed by atoms with van der Waals surface area (Å²) in [6.45, 7) is 1.94.